The van der Waals surface area contributed by atoms with Crippen LogP contribution in [0.4, 0.5) is 10.1 Å². The Morgan fingerprint density at radius 3 is 2.60 bits per heavy atom. The molecule has 284 valence electrons. The highest BCUT2D eigenvalue weighted by Crippen LogP contribution is 2.37. The number of nitrogens with zero attached hydrogens (tertiary/aromatic N) is 1. The number of halogens is 1. The molecule has 7 N–H and O–H groups in total. The monoisotopic (exact) mass is 753 g/mol. The predicted molar refractivity (Wildman–Crippen MR) is 195 cm³/mol. The maximum atomic E-state index is 14.0. The summed E-state index contributed by atoms with van der Waals surface area (Å²) < 4.78 is 29.4. The van der Waals surface area contributed by atoms with Crippen LogP contribution in [0.25, 0.3) is 11.6 Å². The van der Waals surface area contributed by atoms with Gasteiger partial charge in [-0.15, -0.1) is 0 Å². The van der Waals surface area contributed by atoms with Crippen LogP contribution in [0.15, 0.2) is 48.5 Å². The van der Waals surface area contributed by atoms with E-state index in [2.05, 4.69) is 25.5 Å². The molecule has 1 fully saturated rings. The molecular formula is C37H45FN5O9P. The Balaban J connectivity index is 1.21. The number of benzene rings is 2. The second-order valence-electron chi connectivity index (χ2n) is 13.4. The Kier molecular flexibility index (Phi) is 13.0. The highest BCUT2D eigenvalue weighted by Gasteiger charge is 2.42. The molecule has 0 radical (unpaired) electrons. The van der Waals surface area contributed by atoms with E-state index in [0.717, 1.165) is 16.8 Å². The summed E-state index contributed by atoms with van der Waals surface area (Å²) in [7, 11) is -4.65. The summed E-state index contributed by atoms with van der Waals surface area (Å²) in [5, 5.41) is 18.1. The third-order valence-electron chi connectivity index (χ3n) is 9.66. The van der Waals surface area contributed by atoms with E-state index in [4.69, 9.17) is 9.79 Å². The molecule has 0 spiro atoms. The lowest BCUT2D eigenvalue weighted by Gasteiger charge is -2.28. The number of aryl methyl sites for hydroxylation is 1. The van der Waals surface area contributed by atoms with E-state index >= 15 is 0 Å². The molecule has 4 amide bonds. The standard InChI is InChI=1S/C37H45FN5O9P/c1-22-27(23(2)40-32(22)19-29-28-18-26(38)11-13-30(28)42-35(29)46)12-14-33(45)41-31-15-17-43(37(48)25-9-4-3-5-10-25)34(31)36(47)39-16-7-6-8-24(20-44)21-52-53(49,50)51/h3-5,9-11,13,18-19,24,31,34,40,44H,6-8,12,14-17,20-21H2,1-2H3,(H,39,47)(H,41,45)(H,42,46)(H2,49,50,51)/b29-19-/t24?,31-,34+/m1/s1. The molecule has 1 aromatic heterocycles. The minimum atomic E-state index is -4.65. The summed E-state index contributed by atoms with van der Waals surface area (Å²) in [6.07, 6.45) is 3.95. The van der Waals surface area contributed by atoms with Gasteiger partial charge in [-0.25, -0.2) is 8.96 Å². The molecule has 3 atom stereocenters. The SMILES string of the molecule is Cc1[nH]c(/C=C2\C(=O)Nc3ccc(F)cc32)c(C)c1CCC(=O)N[C@@H]1CCN(C(=O)c2ccccc2)[C@@H]1C(=O)NCCCCC(CO)COP(=O)(O)O. The van der Waals surface area contributed by atoms with Crippen molar-refractivity contribution in [3.05, 3.63) is 88.0 Å². The number of hydrogen-bond donors (Lipinski definition) is 7. The van der Waals surface area contributed by atoms with Crippen LogP contribution in [0.3, 0.4) is 0 Å². The van der Waals surface area contributed by atoms with Crippen molar-refractivity contribution in [2.45, 2.75) is 64.5 Å². The molecule has 1 saturated heterocycles. The van der Waals surface area contributed by atoms with Gasteiger partial charge in [0.15, 0.2) is 0 Å². The van der Waals surface area contributed by atoms with Crippen molar-refractivity contribution in [3.63, 3.8) is 0 Å². The average molecular weight is 754 g/mol. The lowest BCUT2D eigenvalue weighted by atomic mass is 10.0. The number of aromatic amines is 1. The van der Waals surface area contributed by atoms with Gasteiger partial charge in [0.2, 0.25) is 11.8 Å². The zero-order valence-electron chi connectivity index (χ0n) is 29.6. The molecule has 53 heavy (non-hydrogen) atoms. The summed E-state index contributed by atoms with van der Waals surface area (Å²) >= 11 is 0. The van der Waals surface area contributed by atoms with E-state index < -0.39 is 37.5 Å². The first-order valence-electron chi connectivity index (χ1n) is 17.5. The molecule has 0 bridgehead atoms. The normalized spacial score (nSPS) is 18.2. The van der Waals surface area contributed by atoms with Crippen LogP contribution in [0.1, 0.15) is 70.5 Å². The number of unbranched alkanes of at least 4 members (excludes halogenated alkanes) is 1. The number of H-pyrrole nitrogens is 1. The van der Waals surface area contributed by atoms with Gasteiger partial charge in [-0.05, 0) is 87.1 Å². The van der Waals surface area contributed by atoms with Gasteiger partial charge in [-0.2, -0.15) is 0 Å². The minimum Gasteiger partial charge on any atom is -0.396 e. The molecule has 14 nitrogen and oxygen atoms in total. The van der Waals surface area contributed by atoms with Gasteiger partial charge in [0.05, 0.1) is 18.2 Å². The van der Waals surface area contributed by atoms with Gasteiger partial charge in [0, 0.05) is 60.2 Å². The van der Waals surface area contributed by atoms with E-state index in [1.165, 1.54) is 23.1 Å². The molecule has 16 heteroatoms. The zero-order valence-corrected chi connectivity index (χ0v) is 30.5. The second-order valence-corrected chi connectivity index (χ2v) is 14.6. The summed E-state index contributed by atoms with van der Waals surface area (Å²) in [6, 6.07) is 11.1. The number of nitrogens with one attached hydrogen (secondary N) is 4. The predicted octanol–water partition coefficient (Wildman–Crippen LogP) is 3.60. The first-order chi connectivity index (χ1) is 25.3. The van der Waals surface area contributed by atoms with Crippen molar-refractivity contribution in [2.75, 3.05) is 31.6 Å². The van der Waals surface area contributed by atoms with Crippen molar-refractivity contribution in [1.29, 1.82) is 0 Å². The van der Waals surface area contributed by atoms with Crippen LogP contribution >= 0.6 is 7.82 Å². The Morgan fingerprint density at radius 2 is 1.89 bits per heavy atom. The topological polar surface area (TPSA) is 210 Å². The average Bonchev–Trinajstić information content (AvgIpc) is 3.76. The van der Waals surface area contributed by atoms with Gasteiger partial charge in [0.25, 0.3) is 11.8 Å². The fourth-order valence-corrected chi connectivity index (χ4v) is 7.25. The van der Waals surface area contributed by atoms with Crippen LogP contribution in [-0.4, -0.2) is 86.8 Å². The summed E-state index contributed by atoms with van der Waals surface area (Å²) in [5.41, 5.74) is 4.97. The number of aliphatic hydroxyl groups is 1. The molecule has 2 aliphatic rings. The lowest BCUT2D eigenvalue weighted by molar-refractivity contribution is -0.126. The van der Waals surface area contributed by atoms with E-state index in [1.807, 2.05) is 13.8 Å². The molecule has 0 aliphatic carbocycles. The van der Waals surface area contributed by atoms with E-state index in [-0.39, 0.29) is 50.4 Å². The fourth-order valence-electron chi connectivity index (χ4n) is 6.85. The first kappa shape index (κ1) is 39.5. The molecule has 3 aromatic rings. The van der Waals surface area contributed by atoms with E-state index in [9.17, 15) is 33.2 Å². The molecule has 2 aliphatic heterocycles. The Labute approximate surface area is 306 Å². The van der Waals surface area contributed by atoms with Crippen LogP contribution in [-0.2, 0) is 29.9 Å². The molecular weight excluding hydrogens is 708 g/mol. The number of phosphoric acid groups is 1. The number of fused-ring (bicyclic) bond motifs is 1. The summed E-state index contributed by atoms with van der Waals surface area (Å²) in [4.78, 5) is 75.8. The molecule has 2 aromatic carbocycles. The minimum absolute atomic E-state index is 0.0965. The number of carbonyl (C=O) groups is 4. The van der Waals surface area contributed by atoms with Crippen molar-refractivity contribution in [1.82, 2.24) is 20.5 Å². The summed E-state index contributed by atoms with van der Waals surface area (Å²) in [6.45, 7) is 3.63. The van der Waals surface area contributed by atoms with Crippen LogP contribution < -0.4 is 16.0 Å². The Bertz CT molecular complexity index is 1910. The molecule has 0 saturated carbocycles. The van der Waals surface area contributed by atoms with Gasteiger partial charge < -0.3 is 40.7 Å². The van der Waals surface area contributed by atoms with Gasteiger partial charge >= 0.3 is 7.82 Å². The van der Waals surface area contributed by atoms with Crippen LogP contribution in [0.5, 0.6) is 0 Å². The Hall–Kier alpha value is -4.66. The van der Waals surface area contributed by atoms with Gasteiger partial charge in [-0.3, -0.25) is 23.7 Å². The second kappa shape index (κ2) is 17.4. The third kappa shape index (κ3) is 10.1. The number of aromatic nitrogens is 1. The number of phosphoric ester groups is 1. The quantitative estimate of drug-likeness (QED) is 0.0647. The van der Waals surface area contributed by atoms with Crippen molar-refractivity contribution in [3.8, 4) is 0 Å². The number of aliphatic hydroxyl groups excluding tert-OH is 1. The maximum Gasteiger partial charge on any atom is 0.469 e. The summed E-state index contributed by atoms with van der Waals surface area (Å²) in [5.74, 6) is -2.33. The third-order valence-corrected chi connectivity index (χ3v) is 10.1. The van der Waals surface area contributed by atoms with Gasteiger partial charge in [0.1, 0.15) is 11.9 Å². The number of carbonyl (C=O) groups excluding carboxylic acids is 4. The largest absolute Gasteiger partial charge is 0.469 e. The number of rotatable bonds is 16. The number of hydrogen-bond acceptors (Lipinski definition) is 7. The smallest absolute Gasteiger partial charge is 0.396 e. The molecule has 3 heterocycles. The molecule has 1 unspecified atom stereocenters. The number of anilines is 1. The Morgan fingerprint density at radius 1 is 1.13 bits per heavy atom. The van der Waals surface area contributed by atoms with Crippen molar-refractivity contribution >= 4 is 48.8 Å². The lowest BCUT2D eigenvalue weighted by Crippen LogP contribution is -2.54. The highest BCUT2D eigenvalue weighted by atomic mass is 31.2. The van der Waals surface area contributed by atoms with Gasteiger partial charge in [-0.1, -0.05) is 24.6 Å². The number of amides is 4. The maximum absolute atomic E-state index is 14.0. The van der Waals surface area contributed by atoms with Crippen LogP contribution in [0.2, 0.25) is 0 Å². The molecule has 5 rings (SSSR count). The zero-order chi connectivity index (χ0) is 38.3. The first-order valence-corrected chi connectivity index (χ1v) is 19.0. The van der Waals surface area contributed by atoms with Crippen molar-refractivity contribution in [2.24, 2.45) is 5.92 Å². The van der Waals surface area contributed by atoms with Crippen molar-refractivity contribution < 1.29 is 47.6 Å². The number of likely N-dealkylation sites (tertiary alicyclic amines) is 1. The van der Waals surface area contributed by atoms with Crippen LogP contribution in [0, 0.1) is 25.6 Å². The highest BCUT2D eigenvalue weighted by molar-refractivity contribution is 7.46. The fraction of sp³-hybridized carbons (Fsp3) is 0.405. The van der Waals surface area contributed by atoms with E-state index in [1.54, 1.807) is 36.4 Å². The van der Waals surface area contributed by atoms with E-state index in [0.29, 0.717) is 60.2 Å².